The Bertz CT molecular complexity index is 706. The van der Waals surface area contributed by atoms with Crippen molar-refractivity contribution in [3.63, 3.8) is 0 Å². The summed E-state index contributed by atoms with van der Waals surface area (Å²) >= 11 is 0. The van der Waals surface area contributed by atoms with E-state index in [1.807, 2.05) is 18.7 Å². The first kappa shape index (κ1) is 17.4. The summed E-state index contributed by atoms with van der Waals surface area (Å²) in [6.45, 7) is 5.32. The monoisotopic (exact) mass is 346 g/mol. The van der Waals surface area contributed by atoms with Gasteiger partial charge < -0.3 is 14.7 Å². The summed E-state index contributed by atoms with van der Waals surface area (Å²) in [5, 5.41) is 7.08. The maximum atomic E-state index is 12.9. The molecule has 1 aliphatic rings. The fourth-order valence-electron chi connectivity index (χ4n) is 2.81. The summed E-state index contributed by atoms with van der Waals surface area (Å²) in [5.74, 6) is 0.419. The number of benzene rings is 1. The second kappa shape index (κ2) is 7.63. The Labute approximate surface area is 146 Å². The number of piperidine rings is 1. The van der Waals surface area contributed by atoms with E-state index in [2.05, 4.69) is 15.5 Å². The molecule has 0 aliphatic carbocycles. The Kier molecular flexibility index (Phi) is 5.31. The van der Waals surface area contributed by atoms with Gasteiger partial charge in [-0.25, -0.2) is 4.39 Å². The van der Waals surface area contributed by atoms with Crippen molar-refractivity contribution in [3.8, 4) is 0 Å². The molecule has 25 heavy (non-hydrogen) atoms. The first-order valence-electron chi connectivity index (χ1n) is 8.63. The van der Waals surface area contributed by atoms with Crippen molar-refractivity contribution in [2.24, 2.45) is 5.92 Å². The Balaban J connectivity index is 1.53. The van der Waals surface area contributed by atoms with Crippen LogP contribution in [0.2, 0.25) is 0 Å². The molecule has 1 N–H and O–H groups in total. The van der Waals surface area contributed by atoms with Gasteiger partial charge in [0.25, 0.3) is 0 Å². The Morgan fingerprint density at radius 3 is 2.64 bits per heavy atom. The Morgan fingerprint density at radius 1 is 1.32 bits per heavy atom. The molecule has 6 nitrogen and oxygen atoms in total. The summed E-state index contributed by atoms with van der Waals surface area (Å²) in [6, 6.07) is 6.99. The topological polar surface area (TPSA) is 71.3 Å². The quantitative estimate of drug-likeness (QED) is 0.901. The van der Waals surface area contributed by atoms with Crippen molar-refractivity contribution in [2.75, 3.05) is 18.0 Å². The largest absolute Gasteiger partial charge is 0.353 e. The predicted molar refractivity (Wildman–Crippen MR) is 91.7 cm³/mol. The van der Waals surface area contributed by atoms with Crippen LogP contribution in [0.25, 0.3) is 0 Å². The van der Waals surface area contributed by atoms with Gasteiger partial charge in [-0.2, -0.15) is 4.98 Å². The molecule has 0 radical (unpaired) electrons. The Hall–Kier alpha value is -2.44. The number of nitrogens with zero attached hydrogens (tertiary/aromatic N) is 3. The highest BCUT2D eigenvalue weighted by Crippen LogP contribution is 2.19. The van der Waals surface area contributed by atoms with E-state index in [-0.39, 0.29) is 23.7 Å². The first-order chi connectivity index (χ1) is 12.0. The number of hydrogen-bond donors (Lipinski definition) is 1. The number of carbonyl (C=O) groups excluding carboxylic acids is 1. The zero-order valence-electron chi connectivity index (χ0n) is 14.5. The van der Waals surface area contributed by atoms with Crippen LogP contribution in [0.5, 0.6) is 0 Å². The summed E-state index contributed by atoms with van der Waals surface area (Å²) in [7, 11) is 0. The minimum atomic E-state index is -0.259. The highest BCUT2D eigenvalue weighted by molar-refractivity contribution is 5.78. The zero-order chi connectivity index (χ0) is 17.8. The maximum Gasteiger partial charge on any atom is 0.324 e. The minimum absolute atomic E-state index is 0.00277. The van der Waals surface area contributed by atoms with E-state index >= 15 is 0 Å². The van der Waals surface area contributed by atoms with Crippen LogP contribution in [0.15, 0.2) is 28.8 Å². The summed E-state index contributed by atoms with van der Waals surface area (Å²) in [5.41, 5.74) is 0.934. The van der Waals surface area contributed by atoms with Crippen molar-refractivity contribution in [1.29, 1.82) is 0 Å². The molecular formula is C18H23FN4O2. The lowest BCUT2D eigenvalue weighted by Crippen LogP contribution is -2.45. The molecule has 0 spiro atoms. The number of carbonyl (C=O) groups is 1. The van der Waals surface area contributed by atoms with E-state index in [0.717, 1.165) is 31.5 Å². The predicted octanol–water partition coefficient (Wildman–Crippen LogP) is 2.54. The maximum absolute atomic E-state index is 12.9. The van der Waals surface area contributed by atoms with E-state index in [4.69, 9.17) is 4.52 Å². The van der Waals surface area contributed by atoms with Gasteiger partial charge in [0, 0.05) is 31.5 Å². The van der Waals surface area contributed by atoms with Crippen LogP contribution in [-0.2, 0) is 11.2 Å². The molecule has 1 amide bonds. The molecule has 1 aromatic carbocycles. The molecular weight excluding hydrogens is 323 g/mol. The molecule has 7 heteroatoms. The smallest absolute Gasteiger partial charge is 0.324 e. The standard InChI is InChI=1S/C18H23FN4O2/c1-12(2)17(24)20-15-7-9-23(10-8-15)18-21-16(22-25-18)11-13-3-5-14(19)6-4-13/h3-6,12,15H,7-11H2,1-2H3,(H,20,24). The van der Waals surface area contributed by atoms with E-state index in [1.165, 1.54) is 12.1 Å². The van der Waals surface area contributed by atoms with Crippen LogP contribution in [0.1, 0.15) is 38.1 Å². The van der Waals surface area contributed by atoms with Crippen molar-refractivity contribution >= 4 is 11.9 Å². The van der Waals surface area contributed by atoms with E-state index < -0.39 is 0 Å². The lowest BCUT2D eigenvalue weighted by Gasteiger charge is -2.31. The van der Waals surface area contributed by atoms with Gasteiger partial charge >= 0.3 is 6.01 Å². The molecule has 1 aliphatic heterocycles. The number of halogens is 1. The summed E-state index contributed by atoms with van der Waals surface area (Å²) in [6.07, 6.45) is 2.22. The van der Waals surface area contributed by atoms with Gasteiger partial charge in [0.2, 0.25) is 5.91 Å². The van der Waals surface area contributed by atoms with E-state index in [0.29, 0.717) is 18.3 Å². The van der Waals surface area contributed by atoms with Crippen LogP contribution in [0.3, 0.4) is 0 Å². The molecule has 0 unspecified atom stereocenters. The van der Waals surface area contributed by atoms with Crippen molar-refractivity contribution < 1.29 is 13.7 Å². The van der Waals surface area contributed by atoms with Crippen LogP contribution in [-0.4, -0.2) is 35.2 Å². The third-order valence-corrected chi connectivity index (χ3v) is 4.37. The normalized spacial score (nSPS) is 15.6. The fraction of sp³-hybridized carbons (Fsp3) is 0.500. The molecule has 2 aromatic rings. The van der Waals surface area contributed by atoms with Crippen LogP contribution >= 0.6 is 0 Å². The van der Waals surface area contributed by atoms with E-state index in [1.54, 1.807) is 12.1 Å². The summed E-state index contributed by atoms with van der Waals surface area (Å²) in [4.78, 5) is 18.2. The average Bonchev–Trinajstić information content (AvgIpc) is 3.06. The molecule has 2 heterocycles. The molecule has 0 saturated carbocycles. The fourth-order valence-corrected chi connectivity index (χ4v) is 2.81. The number of rotatable bonds is 5. The van der Waals surface area contributed by atoms with Gasteiger partial charge in [-0.3, -0.25) is 4.79 Å². The lowest BCUT2D eigenvalue weighted by atomic mass is 10.0. The molecule has 134 valence electrons. The lowest BCUT2D eigenvalue weighted by molar-refractivity contribution is -0.124. The van der Waals surface area contributed by atoms with Gasteiger partial charge in [-0.1, -0.05) is 31.1 Å². The highest BCUT2D eigenvalue weighted by atomic mass is 19.1. The number of amides is 1. The summed E-state index contributed by atoms with van der Waals surface area (Å²) < 4.78 is 18.3. The van der Waals surface area contributed by atoms with Gasteiger partial charge in [0.15, 0.2) is 5.82 Å². The zero-order valence-corrected chi connectivity index (χ0v) is 14.5. The molecule has 1 fully saturated rings. The third kappa shape index (κ3) is 4.55. The highest BCUT2D eigenvalue weighted by Gasteiger charge is 2.24. The minimum Gasteiger partial charge on any atom is -0.353 e. The average molecular weight is 346 g/mol. The second-order valence-electron chi connectivity index (χ2n) is 6.72. The molecule has 3 rings (SSSR count). The molecule has 0 atom stereocenters. The van der Waals surface area contributed by atoms with Crippen LogP contribution < -0.4 is 10.2 Å². The van der Waals surface area contributed by atoms with E-state index in [9.17, 15) is 9.18 Å². The molecule has 1 aromatic heterocycles. The first-order valence-corrected chi connectivity index (χ1v) is 8.63. The van der Waals surface area contributed by atoms with Gasteiger partial charge in [-0.15, -0.1) is 0 Å². The number of hydrogen-bond acceptors (Lipinski definition) is 5. The number of nitrogens with one attached hydrogen (secondary N) is 1. The number of aromatic nitrogens is 2. The third-order valence-electron chi connectivity index (χ3n) is 4.37. The molecule has 0 bridgehead atoms. The van der Waals surface area contributed by atoms with Crippen molar-refractivity contribution in [2.45, 2.75) is 39.2 Å². The van der Waals surface area contributed by atoms with Gasteiger partial charge in [-0.05, 0) is 30.5 Å². The number of anilines is 1. The van der Waals surface area contributed by atoms with Crippen molar-refractivity contribution in [3.05, 3.63) is 41.5 Å². The van der Waals surface area contributed by atoms with Gasteiger partial charge in [0.1, 0.15) is 5.82 Å². The van der Waals surface area contributed by atoms with Gasteiger partial charge in [0.05, 0.1) is 0 Å². The molecule has 1 saturated heterocycles. The Morgan fingerprint density at radius 2 is 2.00 bits per heavy atom. The van der Waals surface area contributed by atoms with Crippen LogP contribution in [0.4, 0.5) is 10.4 Å². The second-order valence-corrected chi connectivity index (χ2v) is 6.72. The van der Waals surface area contributed by atoms with Crippen molar-refractivity contribution in [1.82, 2.24) is 15.5 Å². The SMILES string of the molecule is CC(C)C(=O)NC1CCN(c2nc(Cc3ccc(F)cc3)no2)CC1. The van der Waals surface area contributed by atoms with Crippen LogP contribution in [0, 0.1) is 11.7 Å².